The standard InChI is InChI=1S/C25H23Br2ClN2O5/c1-13(22(31)14-5-9-17(35-2)10-6-14)29(23(32)15-3-7-16(28)8-4-15)30-24(33)18-11-20(26)21(27)12-19(18)25(30)34/h3-10,13,18-21H,11-12H2,1-2H3/t13-,18-,19+,20+,21-/m0/s1. The van der Waals surface area contributed by atoms with Crippen molar-refractivity contribution in [3.05, 3.63) is 64.7 Å². The fourth-order valence-electron chi connectivity index (χ4n) is 4.56. The van der Waals surface area contributed by atoms with E-state index in [0.717, 1.165) is 10.0 Å². The van der Waals surface area contributed by atoms with Gasteiger partial charge in [0.15, 0.2) is 5.78 Å². The molecule has 3 amide bonds. The highest BCUT2D eigenvalue weighted by Gasteiger charge is 2.55. The van der Waals surface area contributed by atoms with Gasteiger partial charge in [0, 0.05) is 25.8 Å². The molecule has 1 saturated carbocycles. The van der Waals surface area contributed by atoms with Gasteiger partial charge in [0.25, 0.3) is 17.7 Å². The Morgan fingerprint density at radius 2 is 1.43 bits per heavy atom. The predicted octanol–water partition coefficient (Wildman–Crippen LogP) is 4.90. The van der Waals surface area contributed by atoms with Crippen LogP contribution in [0.15, 0.2) is 48.5 Å². The van der Waals surface area contributed by atoms with E-state index in [2.05, 4.69) is 31.9 Å². The Kier molecular flexibility index (Phi) is 7.68. The number of halogens is 3. The second-order valence-corrected chi connectivity index (χ2v) is 11.4. The molecule has 1 heterocycles. The summed E-state index contributed by atoms with van der Waals surface area (Å²) in [6.45, 7) is 1.52. The topological polar surface area (TPSA) is 84.0 Å². The van der Waals surface area contributed by atoms with Crippen molar-refractivity contribution in [3.63, 3.8) is 0 Å². The summed E-state index contributed by atoms with van der Waals surface area (Å²) in [5.41, 5.74) is 0.528. The van der Waals surface area contributed by atoms with Crippen LogP contribution in [-0.2, 0) is 9.59 Å². The number of methoxy groups -OCH3 is 1. The van der Waals surface area contributed by atoms with Gasteiger partial charge in [-0.2, -0.15) is 5.01 Å². The minimum Gasteiger partial charge on any atom is -0.497 e. The largest absolute Gasteiger partial charge is 0.497 e. The number of rotatable bonds is 6. The lowest BCUT2D eigenvalue weighted by molar-refractivity contribution is -0.156. The first-order valence-corrected chi connectivity index (χ1v) is 13.3. The number of amides is 3. The molecule has 184 valence electrons. The Hall–Kier alpha value is -2.23. The van der Waals surface area contributed by atoms with Crippen molar-refractivity contribution in [2.45, 2.75) is 35.5 Å². The van der Waals surface area contributed by atoms with Crippen LogP contribution in [0.1, 0.15) is 40.5 Å². The predicted molar refractivity (Wildman–Crippen MR) is 138 cm³/mol. The number of fused-ring (bicyclic) bond motifs is 1. The Balaban J connectivity index is 1.73. The van der Waals surface area contributed by atoms with Crippen LogP contribution >= 0.6 is 43.5 Å². The molecule has 0 spiro atoms. The molecule has 10 heteroatoms. The average Bonchev–Trinajstić information content (AvgIpc) is 3.08. The number of carbonyl (C=O) groups excluding carboxylic acids is 4. The summed E-state index contributed by atoms with van der Waals surface area (Å²) in [6, 6.07) is 11.4. The Morgan fingerprint density at radius 3 is 1.91 bits per heavy atom. The minimum absolute atomic E-state index is 0.0132. The van der Waals surface area contributed by atoms with E-state index in [1.807, 2.05) is 0 Å². The quantitative estimate of drug-likeness (QED) is 0.259. The molecule has 1 aliphatic carbocycles. The number of alkyl halides is 2. The minimum atomic E-state index is -1.13. The maximum Gasteiger partial charge on any atom is 0.273 e. The van der Waals surface area contributed by atoms with E-state index >= 15 is 0 Å². The molecule has 0 aromatic heterocycles. The van der Waals surface area contributed by atoms with Crippen molar-refractivity contribution in [2.75, 3.05) is 7.11 Å². The first-order chi connectivity index (χ1) is 16.6. The van der Waals surface area contributed by atoms with E-state index in [-0.39, 0.29) is 15.2 Å². The van der Waals surface area contributed by atoms with Crippen molar-refractivity contribution in [2.24, 2.45) is 11.8 Å². The number of hydrogen-bond acceptors (Lipinski definition) is 5. The summed E-state index contributed by atoms with van der Waals surface area (Å²) in [5.74, 6) is -2.55. The van der Waals surface area contributed by atoms with Crippen LogP contribution in [0.2, 0.25) is 5.02 Å². The summed E-state index contributed by atoms with van der Waals surface area (Å²) in [6.07, 6.45) is 0.900. The molecule has 1 saturated heterocycles. The SMILES string of the molecule is COc1ccc(C(=O)[C@H](C)N(C(=O)c2ccc(Cl)cc2)N2C(=O)[C@H]3C[C@@H](Br)[C@@H](Br)C[C@H]3C2=O)cc1. The Morgan fingerprint density at radius 1 is 0.943 bits per heavy atom. The van der Waals surface area contributed by atoms with Gasteiger partial charge in [-0.25, -0.2) is 5.01 Å². The highest BCUT2D eigenvalue weighted by atomic mass is 79.9. The summed E-state index contributed by atoms with van der Waals surface area (Å²) in [7, 11) is 1.52. The van der Waals surface area contributed by atoms with E-state index in [1.54, 1.807) is 36.4 Å². The van der Waals surface area contributed by atoms with Crippen LogP contribution in [0.3, 0.4) is 0 Å². The molecule has 2 fully saturated rings. The molecule has 0 bridgehead atoms. The molecule has 2 aliphatic rings. The molecule has 1 aliphatic heterocycles. The van der Waals surface area contributed by atoms with Crippen molar-refractivity contribution in [1.29, 1.82) is 0 Å². The van der Waals surface area contributed by atoms with E-state index < -0.39 is 41.4 Å². The van der Waals surface area contributed by atoms with E-state index in [4.69, 9.17) is 16.3 Å². The fourth-order valence-corrected chi connectivity index (χ4v) is 5.93. The third-order valence-electron chi connectivity index (χ3n) is 6.52. The molecular weight excluding hydrogens is 604 g/mol. The molecule has 0 N–H and O–H groups in total. The zero-order valence-corrected chi connectivity index (χ0v) is 22.9. The van der Waals surface area contributed by atoms with E-state index in [0.29, 0.717) is 29.2 Å². The third kappa shape index (κ3) is 4.90. The summed E-state index contributed by atoms with van der Waals surface area (Å²) in [4.78, 5) is 54.2. The number of ketones is 1. The van der Waals surface area contributed by atoms with Crippen molar-refractivity contribution in [3.8, 4) is 5.75 Å². The van der Waals surface area contributed by atoms with Crippen LogP contribution < -0.4 is 4.74 Å². The number of ether oxygens (including phenoxy) is 1. The Labute approximate surface area is 225 Å². The van der Waals surface area contributed by atoms with Crippen molar-refractivity contribution >= 4 is 67.0 Å². The molecule has 0 unspecified atom stereocenters. The highest BCUT2D eigenvalue weighted by Crippen LogP contribution is 2.44. The average molecular weight is 627 g/mol. The smallest absolute Gasteiger partial charge is 0.273 e. The zero-order valence-electron chi connectivity index (χ0n) is 19.0. The number of hydrazine groups is 1. The van der Waals surface area contributed by atoms with E-state index in [9.17, 15) is 19.2 Å². The van der Waals surface area contributed by atoms with Gasteiger partial charge in [0.05, 0.1) is 18.9 Å². The van der Waals surface area contributed by atoms with Gasteiger partial charge < -0.3 is 4.74 Å². The number of benzene rings is 2. The van der Waals surface area contributed by atoms with Gasteiger partial charge in [-0.3, -0.25) is 19.2 Å². The van der Waals surface area contributed by atoms with E-state index in [1.165, 1.54) is 26.2 Å². The van der Waals surface area contributed by atoms with Gasteiger partial charge in [-0.05, 0) is 68.3 Å². The fraction of sp³-hybridized carbons (Fsp3) is 0.360. The van der Waals surface area contributed by atoms with Gasteiger partial charge in [0.2, 0.25) is 0 Å². The summed E-state index contributed by atoms with van der Waals surface area (Å²) >= 11 is 13.1. The maximum atomic E-state index is 13.7. The lowest BCUT2D eigenvalue weighted by Crippen LogP contribution is -2.56. The number of imide groups is 1. The molecule has 5 atom stereocenters. The van der Waals surface area contributed by atoms with Gasteiger partial charge in [-0.1, -0.05) is 43.5 Å². The number of hydrogen-bond donors (Lipinski definition) is 0. The normalized spacial score (nSPS) is 24.7. The van der Waals surface area contributed by atoms with Crippen LogP contribution in [-0.4, -0.2) is 56.3 Å². The second kappa shape index (κ2) is 10.4. The Bertz CT molecular complexity index is 1130. The monoisotopic (exact) mass is 624 g/mol. The van der Waals surface area contributed by atoms with Crippen LogP contribution in [0.5, 0.6) is 5.75 Å². The maximum absolute atomic E-state index is 13.7. The van der Waals surface area contributed by atoms with Crippen LogP contribution in [0, 0.1) is 11.8 Å². The molecule has 35 heavy (non-hydrogen) atoms. The zero-order chi connectivity index (χ0) is 25.4. The summed E-state index contributed by atoms with van der Waals surface area (Å²) in [5, 5.41) is 2.33. The molecule has 2 aromatic carbocycles. The molecule has 0 radical (unpaired) electrons. The molecular formula is C25H23Br2ClN2O5. The highest BCUT2D eigenvalue weighted by molar-refractivity contribution is 9.12. The first kappa shape index (κ1) is 25.9. The summed E-state index contributed by atoms with van der Waals surface area (Å²) < 4.78 is 5.15. The number of carbonyl (C=O) groups is 4. The lowest BCUT2D eigenvalue weighted by Gasteiger charge is -2.34. The molecule has 2 aromatic rings. The van der Waals surface area contributed by atoms with Gasteiger partial charge in [-0.15, -0.1) is 0 Å². The molecule has 7 nitrogen and oxygen atoms in total. The van der Waals surface area contributed by atoms with Crippen LogP contribution in [0.4, 0.5) is 0 Å². The molecule has 4 rings (SSSR count). The number of nitrogens with zero attached hydrogens (tertiary/aromatic N) is 2. The lowest BCUT2D eigenvalue weighted by atomic mass is 9.81. The van der Waals surface area contributed by atoms with Crippen molar-refractivity contribution < 1.29 is 23.9 Å². The number of Topliss-reactive ketones (excluding diaryl/α,β-unsaturated/α-hetero) is 1. The van der Waals surface area contributed by atoms with Gasteiger partial charge in [0.1, 0.15) is 11.8 Å². The second-order valence-electron chi connectivity index (χ2n) is 8.63. The third-order valence-corrected chi connectivity index (χ3v) is 9.51. The first-order valence-electron chi connectivity index (χ1n) is 11.1. The van der Waals surface area contributed by atoms with Crippen LogP contribution in [0.25, 0.3) is 0 Å². The van der Waals surface area contributed by atoms with Gasteiger partial charge >= 0.3 is 0 Å². The van der Waals surface area contributed by atoms with Crippen molar-refractivity contribution in [1.82, 2.24) is 10.0 Å².